The van der Waals surface area contributed by atoms with Gasteiger partial charge in [-0.1, -0.05) is 40.7 Å². The molecule has 0 heteroatoms. The van der Waals surface area contributed by atoms with Gasteiger partial charge in [-0.15, -0.1) is 6.58 Å². The van der Waals surface area contributed by atoms with Crippen LogP contribution < -0.4 is 0 Å². The van der Waals surface area contributed by atoms with E-state index in [1.807, 2.05) is 0 Å². The molecule has 0 nitrogen and oxygen atoms in total. The molecular formula is C11H22. The van der Waals surface area contributed by atoms with Crippen LogP contribution >= 0.6 is 0 Å². The molecule has 0 saturated heterocycles. The summed E-state index contributed by atoms with van der Waals surface area (Å²) in [4.78, 5) is 0. The molecule has 0 aromatic carbocycles. The Hall–Kier alpha value is -0.260. The molecule has 0 spiro atoms. The summed E-state index contributed by atoms with van der Waals surface area (Å²) in [5.41, 5.74) is 0.432. The summed E-state index contributed by atoms with van der Waals surface area (Å²) in [6.07, 6.45) is 3.31. The van der Waals surface area contributed by atoms with Crippen molar-refractivity contribution in [1.29, 1.82) is 0 Å². The molecule has 0 aromatic heterocycles. The molecule has 0 rings (SSSR count). The van der Waals surface area contributed by atoms with Gasteiger partial charge in [0.2, 0.25) is 0 Å². The van der Waals surface area contributed by atoms with Crippen molar-refractivity contribution in [3.05, 3.63) is 12.7 Å². The Labute approximate surface area is 71.7 Å². The number of rotatable bonds is 4. The van der Waals surface area contributed by atoms with E-state index in [4.69, 9.17) is 0 Å². The summed E-state index contributed by atoms with van der Waals surface area (Å²) in [6.45, 7) is 15.3. The van der Waals surface area contributed by atoms with Gasteiger partial charge in [0.15, 0.2) is 0 Å². The van der Waals surface area contributed by atoms with Gasteiger partial charge < -0.3 is 0 Å². The fraction of sp³-hybridized carbons (Fsp3) is 0.818. The molecule has 11 heavy (non-hydrogen) atoms. The predicted molar refractivity (Wildman–Crippen MR) is 52.6 cm³/mol. The maximum absolute atomic E-state index is 3.86. The van der Waals surface area contributed by atoms with Crippen LogP contribution in [0.5, 0.6) is 0 Å². The van der Waals surface area contributed by atoms with Gasteiger partial charge in [-0.25, -0.2) is 0 Å². The van der Waals surface area contributed by atoms with Gasteiger partial charge >= 0.3 is 0 Å². The van der Waals surface area contributed by atoms with Crippen molar-refractivity contribution in [2.45, 2.75) is 41.0 Å². The van der Waals surface area contributed by atoms with Crippen molar-refractivity contribution in [3.8, 4) is 0 Å². The fourth-order valence-corrected chi connectivity index (χ4v) is 1.53. The molecule has 0 bridgehead atoms. The van der Waals surface area contributed by atoms with Crippen LogP contribution in [0.3, 0.4) is 0 Å². The zero-order chi connectivity index (χ0) is 9.07. The van der Waals surface area contributed by atoms with Crippen molar-refractivity contribution in [2.75, 3.05) is 0 Å². The molecule has 2 atom stereocenters. The van der Waals surface area contributed by atoms with E-state index in [1.54, 1.807) is 0 Å². The normalized spacial score (nSPS) is 19.5. The minimum Gasteiger partial charge on any atom is -0.103 e. The lowest BCUT2D eigenvalue weighted by Gasteiger charge is -2.37. The smallest absolute Gasteiger partial charge is 0.0208 e. The predicted octanol–water partition coefficient (Wildman–Crippen LogP) is 3.88. The van der Waals surface area contributed by atoms with E-state index in [9.17, 15) is 0 Å². The van der Waals surface area contributed by atoms with Crippen LogP contribution in [-0.4, -0.2) is 0 Å². The third-order valence-electron chi connectivity index (χ3n) is 3.47. The summed E-state index contributed by atoms with van der Waals surface area (Å²) in [7, 11) is 0. The molecule has 66 valence electrons. The largest absolute Gasteiger partial charge is 0.103 e. The molecule has 0 aliphatic carbocycles. The van der Waals surface area contributed by atoms with Gasteiger partial charge in [-0.2, -0.15) is 0 Å². The van der Waals surface area contributed by atoms with Crippen molar-refractivity contribution in [2.24, 2.45) is 17.3 Å². The van der Waals surface area contributed by atoms with E-state index >= 15 is 0 Å². The Morgan fingerprint density at radius 3 is 1.91 bits per heavy atom. The molecule has 0 N–H and O–H groups in total. The summed E-state index contributed by atoms with van der Waals surface area (Å²) in [5, 5.41) is 0. The van der Waals surface area contributed by atoms with Crippen molar-refractivity contribution in [1.82, 2.24) is 0 Å². The second kappa shape index (κ2) is 3.94. The Morgan fingerprint density at radius 1 is 1.36 bits per heavy atom. The molecule has 0 fully saturated rings. The molecule has 0 aliphatic heterocycles. The van der Waals surface area contributed by atoms with E-state index in [2.05, 4.69) is 47.3 Å². The third kappa shape index (κ3) is 2.08. The molecule has 0 amide bonds. The van der Waals surface area contributed by atoms with E-state index in [0.29, 0.717) is 11.3 Å². The SMILES string of the molecule is C=CC(C)C(C)(CC)C(C)C. The molecule has 2 unspecified atom stereocenters. The Balaban J connectivity index is 4.44. The number of hydrogen-bond acceptors (Lipinski definition) is 0. The van der Waals surface area contributed by atoms with Gasteiger partial charge in [-0.05, 0) is 23.7 Å². The van der Waals surface area contributed by atoms with E-state index in [-0.39, 0.29) is 0 Å². The number of allylic oxidation sites excluding steroid dienone is 1. The van der Waals surface area contributed by atoms with E-state index < -0.39 is 0 Å². The zero-order valence-corrected chi connectivity index (χ0v) is 8.65. The summed E-state index contributed by atoms with van der Waals surface area (Å²) in [6, 6.07) is 0. The fourth-order valence-electron chi connectivity index (χ4n) is 1.53. The third-order valence-corrected chi connectivity index (χ3v) is 3.47. The van der Waals surface area contributed by atoms with Gasteiger partial charge in [0.1, 0.15) is 0 Å². The lowest BCUT2D eigenvalue weighted by Crippen LogP contribution is -2.29. The standard InChI is InChI=1S/C11H22/c1-7-10(5)11(6,8-2)9(3)4/h7,9-10H,1,8H2,2-6H3. The Bertz CT molecular complexity index is 124. The van der Waals surface area contributed by atoms with Gasteiger partial charge in [0.25, 0.3) is 0 Å². The monoisotopic (exact) mass is 154 g/mol. The highest BCUT2D eigenvalue weighted by atomic mass is 14.3. The first-order valence-corrected chi connectivity index (χ1v) is 4.61. The lowest BCUT2D eigenvalue weighted by molar-refractivity contribution is 0.149. The van der Waals surface area contributed by atoms with Gasteiger partial charge in [0.05, 0.1) is 0 Å². The molecular weight excluding hydrogens is 132 g/mol. The summed E-state index contributed by atoms with van der Waals surface area (Å²) < 4.78 is 0. The van der Waals surface area contributed by atoms with Gasteiger partial charge in [0, 0.05) is 0 Å². The number of hydrogen-bond donors (Lipinski definition) is 0. The minimum atomic E-state index is 0.432. The van der Waals surface area contributed by atoms with Crippen LogP contribution in [0.1, 0.15) is 41.0 Å². The van der Waals surface area contributed by atoms with Crippen molar-refractivity contribution >= 4 is 0 Å². The highest BCUT2D eigenvalue weighted by Crippen LogP contribution is 2.38. The Kier molecular flexibility index (Phi) is 3.85. The maximum atomic E-state index is 3.86. The van der Waals surface area contributed by atoms with Crippen molar-refractivity contribution in [3.63, 3.8) is 0 Å². The molecule has 0 saturated carbocycles. The zero-order valence-electron chi connectivity index (χ0n) is 8.65. The summed E-state index contributed by atoms with van der Waals surface area (Å²) >= 11 is 0. The van der Waals surface area contributed by atoms with Crippen LogP contribution in [0.15, 0.2) is 12.7 Å². The molecule has 0 radical (unpaired) electrons. The second-order valence-electron chi connectivity index (χ2n) is 4.04. The van der Waals surface area contributed by atoms with Crippen LogP contribution in [0.4, 0.5) is 0 Å². The highest BCUT2D eigenvalue weighted by molar-refractivity contribution is 4.90. The molecule has 0 aliphatic rings. The van der Waals surface area contributed by atoms with Gasteiger partial charge in [-0.3, -0.25) is 0 Å². The average molecular weight is 154 g/mol. The van der Waals surface area contributed by atoms with Crippen LogP contribution in [0.2, 0.25) is 0 Å². The Morgan fingerprint density at radius 2 is 1.82 bits per heavy atom. The minimum absolute atomic E-state index is 0.432. The van der Waals surface area contributed by atoms with Crippen molar-refractivity contribution < 1.29 is 0 Å². The van der Waals surface area contributed by atoms with Crippen LogP contribution in [-0.2, 0) is 0 Å². The average Bonchev–Trinajstić information content (AvgIpc) is 2.01. The second-order valence-corrected chi connectivity index (χ2v) is 4.04. The van der Waals surface area contributed by atoms with Crippen LogP contribution in [0.25, 0.3) is 0 Å². The van der Waals surface area contributed by atoms with E-state index in [0.717, 1.165) is 5.92 Å². The van der Waals surface area contributed by atoms with E-state index in [1.165, 1.54) is 6.42 Å². The first-order chi connectivity index (χ1) is 4.99. The molecule has 0 aromatic rings. The quantitative estimate of drug-likeness (QED) is 0.539. The first kappa shape index (κ1) is 10.7. The maximum Gasteiger partial charge on any atom is -0.0208 e. The topological polar surface area (TPSA) is 0 Å². The lowest BCUT2D eigenvalue weighted by atomic mass is 9.68. The molecule has 0 heterocycles. The summed E-state index contributed by atoms with van der Waals surface area (Å²) in [5.74, 6) is 1.35. The highest BCUT2D eigenvalue weighted by Gasteiger charge is 2.30. The van der Waals surface area contributed by atoms with Crippen LogP contribution in [0, 0.1) is 17.3 Å². The first-order valence-electron chi connectivity index (χ1n) is 4.61.